The summed E-state index contributed by atoms with van der Waals surface area (Å²) in [5.74, 6) is -1.47. The summed E-state index contributed by atoms with van der Waals surface area (Å²) in [6.07, 6.45) is 27.2. The number of nitrogens with zero attached hydrogens (tertiary/aromatic N) is 2. The molecule has 0 saturated carbocycles. The zero-order valence-corrected chi connectivity index (χ0v) is 37.2. The maximum atomic E-state index is 14.1. The van der Waals surface area contributed by atoms with Crippen molar-refractivity contribution in [2.75, 3.05) is 13.2 Å². The van der Waals surface area contributed by atoms with Gasteiger partial charge in [-0.05, 0) is 37.1 Å². The molecule has 2 N–H and O–H groups in total. The summed E-state index contributed by atoms with van der Waals surface area (Å²) in [5.41, 5.74) is 1.15. The van der Waals surface area contributed by atoms with Gasteiger partial charge in [0.05, 0.1) is 24.6 Å². The van der Waals surface area contributed by atoms with Crippen LogP contribution in [0.15, 0.2) is 58.5 Å². The summed E-state index contributed by atoms with van der Waals surface area (Å²) in [7, 11) is 0. The first kappa shape index (κ1) is 47.9. The standard InChI is InChI=1S/C44H62F2N2O4.2O.U/c1-3-5-7-9-11-13-15-17-19-21-29-51-41-31-39(47-33-35-25-23-27-37(45)43(35)49)40(48-34-36-26-24-28-38(46)44(36)50)32-42(41)52-30-22-20-18-16-14-12-10-8-6-4-2;;;/h23-28,31-34,49-50H,3-22,29-30H2,1-2H3;;;. The Morgan fingerprint density at radius 1 is 0.545 bits per heavy atom. The van der Waals surface area contributed by atoms with Gasteiger partial charge < -0.3 is 19.7 Å². The van der Waals surface area contributed by atoms with Crippen LogP contribution in [0.1, 0.15) is 153 Å². The number of para-hydroxylation sites is 2. The van der Waals surface area contributed by atoms with Crippen molar-refractivity contribution in [2.24, 2.45) is 9.98 Å². The van der Waals surface area contributed by atoms with E-state index >= 15 is 0 Å². The molecule has 0 amide bonds. The van der Waals surface area contributed by atoms with Gasteiger partial charge in [0.15, 0.2) is 34.6 Å². The molecule has 0 saturated heterocycles. The molecule has 55 heavy (non-hydrogen) atoms. The van der Waals surface area contributed by atoms with Crippen molar-refractivity contribution >= 4 is 23.8 Å². The van der Waals surface area contributed by atoms with Gasteiger partial charge in [0.1, 0.15) is 0 Å². The Hall–Kier alpha value is -3.29. The van der Waals surface area contributed by atoms with Gasteiger partial charge >= 0.3 is 32.3 Å². The van der Waals surface area contributed by atoms with E-state index in [-0.39, 0.29) is 11.1 Å². The number of benzene rings is 3. The van der Waals surface area contributed by atoms with Crippen molar-refractivity contribution in [1.29, 1.82) is 0 Å². The number of halogens is 2. The third-order valence-corrected chi connectivity index (χ3v) is 9.27. The van der Waals surface area contributed by atoms with E-state index in [9.17, 15) is 19.0 Å². The summed E-state index contributed by atoms with van der Waals surface area (Å²) >= 11 is -2.51. The molecule has 3 aromatic rings. The van der Waals surface area contributed by atoms with E-state index in [0.29, 0.717) is 36.1 Å². The molecule has 0 aliphatic rings. The van der Waals surface area contributed by atoms with Gasteiger partial charge in [-0.3, -0.25) is 9.98 Å². The molecule has 3 aromatic carbocycles. The number of hydrogen-bond acceptors (Lipinski definition) is 8. The molecule has 0 fully saturated rings. The molecular weight excluding hydrogens is 929 g/mol. The molecule has 3 rings (SSSR count). The average molecular weight is 991 g/mol. The third-order valence-electron chi connectivity index (χ3n) is 9.27. The van der Waals surface area contributed by atoms with Gasteiger partial charge in [-0.15, -0.1) is 0 Å². The predicted molar refractivity (Wildman–Crippen MR) is 213 cm³/mol. The Kier molecular flexibility index (Phi) is 26.9. The first-order chi connectivity index (χ1) is 26.9. The van der Waals surface area contributed by atoms with Crippen molar-refractivity contribution in [1.82, 2.24) is 0 Å². The van der Waals surface area contributed by atoms with Crippen LogP contribution in [0.2, 0.25) is 0 Å². The Labute approximate surface area is 342 Å². The number of phenols is 2. The minimum absolute atomic E-state index is 0.201. The summed E-state index contributed by atoms with van der Waals surface area (Å²) < 4.78 is 57.9. The van der Waals surface area contributed by atoms with E-state index in [1.54, 1.807) is 24.3 Å². The number of ether oxygens (including phenoxy) is 2. The number of aromatic hydroxyl groups is 2. The second kappa shape index (κ2) is 30.9. The van der Waals surface area contributed by atoms with Crippen LogP contribution in [0.25, 0.3) is 0 Å². The Balaban J connectivity index is 0.00000337. The number of aliphatic imine (C=N–C) groups is 2. The molecule has 0 aliphatic carbocycles. The molecule has 0 heterocycles. The van der Waals surface area contributed by atoms with Gasteiger partial charge in [-0.2, -0.15) is 0 Å². The van der Waals surface area contributed by atoms with Crippen LogP contribution in [0, 0.1) is 39.5 Å². The van der Waals surface area contributed by atoms with Gasteiger partial charge in [-0.1, -0.05) is 142 Å². The van der Waals surface area contributed by atoms with E-state index in [4.69, 9.17) is 13.9 Å². The topological polar surface area (TPSA) is 118 Å². The molecule has 0 unspecified atom stereocenters. The number of phenolic OH excluding ortho intramolecular Hbond substituents is 2. The quantitative estimate of drug-likeness (QED) is 0.0553. The van der Waals surface area contributed by atoms with Gasteiger partial charge in [0.2, 0.25) is 0 Å². The molecule has 0 bridgehead atoms. The van der Waals surface area contributed by atoms with Crippen molar-refractivity contribution in [2.45, 2.75) is 142 Å². The van der Waals surface area contributed by atoms with Crippen molar-refractivity contribution in [3.8, 4) is 23.0 Å². The molecule has 11 heteroatoms. The average Bonchev–Trinajstić information content (AvgIpc) is 3.18. The van der Waals surface area contributed by atoms with Gasteiger partial charge in [0, 0.05) is 35.7 Å². The normalized spacial score (nSPS) is 11.1. The summed E-state index contributed by atoms with van der Waals surface area (Å²) in [4.78, 5) is 9.12. The predicted octanol–water partition coefficient (Wildman–Crippen LogP) is 13.2. The van der Waals surface area contributed by atoms with Crippen molar-refractivity contribution in [3.05, 3.63) is 71.3 Å². The van der Waals surface area contributed by atoms with Crippen LogP contribution in [-0.4, -0.2) is 35.9 Å². The van der Waals surface area contributed by atoms with Crippen LogP contribution in [0.5, 0.6) is 23.0 Å². The Morgan fingerprint density at radius 3 is 1.18 bits per heavy atom. The Bertz CT molecular complexity index is 1490. The van der Waals surface area contributed by atoms with E-state index in [1.807, 2.05) is 0 Å². The second-order valence-corrected chi connectivity index (χ2v) is 14.5. The number of unbranched alkanes of at least 4 members (excludes halogenated alkanes) is 18. The number of rotatable bonds is 28. The van der Waals surface area contributed by atoms with Crippen LogP contribution >= 0.6 is 0 Å². The van der Waals surface area contributed by atoms with Crippen LogP contribution in [-0.2, 0) is 4.47 Å². The monoisotopic (exact) mass is 991 g/mol. The zero-order chi connectivity index (χ0) is 39.9. The first-order valence-corrected chi connectivity index (χ1v) is 23.7. The molecule has 302 valence electrons. The Morgan fingerprint density at radius 2 is 0.855 bits per heavy atom. The molecule has 0 atom stereocenters. The fourth-order valence-electron chi connectivity index (χ4n) is 6.06. The van der Waals surface area contributed by atoms with Crippen molar-refractivity contribution in [3.63, 3.8) is 0 Å². The van der Waals surface area contributed by atoms with E-state index in [2.05, 4.69) is 23.8 Å². The van der Waals surface area contributed by atoms with E-state index in [1.165, 1.54) is 139 Å². The first-order valence-electron chi connectivity index (χ1n) is 20.3. The summed E-state index contributed by atoms with van der Waals surface area (Å²) in [6, 6.07) is 11.9. The minimum atomic E-state index is -2.51. The van der Waals surface area contributed by atoms with Crippen LogP contribution in [0.3, 0.4) is 0 Å². The zero-order valence-electron chi connectivity index (χ0n) is 33.0. The third kappa shape index (κ3) is 20.4. The van der Waals surface area contributed by atoms with Gasteiger partial charge in [-0.25, -0.2) is 8.78 Å². The second-order valence-electron chi connectivity index (χ2n) is 13.8. The molecular formula is C44H62F2N2O6U. The van der Waals surface area contributed by atoms with E-state index < -0.39 is 51.0 Å². The summed E-state index contributed by atoms with van der Waals surface area (Å²) in [6.45, 7) is 5.51. The molecule has 0 aliphatic heterocycles. The van der Waals surface area contributed by atoms with E-state index in [0.717, 1.165) is 25.7 Å². The molecule has 0 aromatic heterocycles. The fourth-order valence-corrected chi connectivity index (χ4v) is 6.06. The fraction of sp³-hybridized carbons (Fsp3) is 0.545. The van der Waals surface area contributed by atoms with Crippen LogP contribution in [0.4, 0.5) is 20.2 Å². The molecule has 0 spiro atoms. The maximum absolute atomic E-state index is 14.1. The molecule has 0 radical (unpaired) electrons. The number of hydrogen-bond donors (Lipinski definition) is 2. The SMILES string of the molecule is CCCCCCCCCCCCOc1cc(N=Cc2cccc(F)c2O)c(N=Cc2cccc(F)c2O)cc1OCCCCCCCCCCCC.[O]=[U]=[O]. The van der Waals surface area contributed by atoms with Gasteiger partial charge in [0.25, 0.3) is 0 Å². The molecule has 8 nitrogen and oxygen atoms in total. The summed E-state index contributed by atoms with van der Waals surface area (Å²) in [5, 5.41) is 20.5. The van der Waals surface area contributed by atoms with Crippen molar-refractivity contribution < 1.29 is 60.8 Å². The van der Waals surface area contributed by atoms with Crippen LogP contribution < -0.4 is 9.47 Å².